The van der Waals surface area contributed by atoms with Gasteiger partial charge < -0.3 is 19.7 Å². The second-order valence-electron chi connectivity index (χ2n) is 8.01. The number of hydrogen-bond acceptors (Lipinski definition) is 3. The number of likely N-dealkylation sites (tertiary alicyclic amines) is 1. The van der Waals surface area contributed by atoms with E-state index in [0.717, 1.165) is 56.9 Å². The van der Waals surface area contributed by atoms with Crippen molar-refractivity contribution in [3.05, 3.63) is 35.4 Å². The summed E-state index contributed by atoms with van der Waals surface area (Å²) in [6, 6.07) is 4.08. The second-order valence-corrected chi connectivity index (χ2v) is 8.01. The van der Waals surface area contributed by atoms with Crippen molar-refractivity contribution in [1.29, 1.82) is 0 Å². The maximum Gasteiger partial charge on any atom is 0.193 e. The van der Waals surface area contributed by atoms with Crippen LogP contribution in [0.15, 0.2) is 23.2 Å². The molecule has 2 fully saturated rings. The van der Waals surface area contributed by atoms with Crippen LogP contribution in [0.4, 0.5) is 8.78 Å². The second kappa shape index (κ2) is 12.8. The number of aliphatic imine (C=N–C) groups is 1. The summed E-state index contributed by atoms with van der Waals surface area (Å²) in [6.45, 7) is 5.92. The number of guanidine groups is 1. The van der Waals surface area contributed by atoms with E-state index in [9.17, 15) is 8.78 Å². The van der Waals surface area contributed by atoms with Gasteiger partial charge in [0.1, 0.15) is 0 Å². The van der Waals surface area contributed by atoms with Crippen molar-refractivity contribution in [3.63, 3.8) is 0 Å². The van der Waals surface area contributed by atoms with Crippen molar-refractivity contribution >= 4 is 29.9 Å². The topological polar surface area (TPSA) is 46.1 Å². The molecule has 2 atom stereocenters. The Morgan fingerprint density at radius 2 is 2.00 bits per heavy atom. The van der Waals surface area contributed by atoms with E-state index in [2.05, 4.69) is 15.2 Å². The lowest BCUT2D eigenvalue weighted by molar-refractivity contribution is -0.0721. The minimum absolute atomic E-state index is 0. The van der Waals surface area contributed by atoms with Crippen molar-refractivity contribution in [2.45, 2.75) is 57.2 Å². The molecule has 5 nitrogen and oxygen atoms in total. The molecule has 2 aliphatic heterocycles. The first-order valence-electron chi connectivity index (χ1n) is 10.7. The van der Waals surface area contributed by atoms with Gasteiger partial charge in [-0.15, -0.1) is 24.0 Å². The van der Waals surface area contributed by atoms with Gasteiger partial charge in [-0.05, 0) is 55.7 Å². The van der Waals surface area contributed by atoms with Crippen molar-refractivity contribution in [3.8, 4) is 0 Å². The predicted molar refractivity (Wildman–Crippen MR) is 126 cm³/mol. The highest BCUT2D eigenvalue weighted by Crippen LogP contribution is 2.19. The normalized spacial score (nSPS) is 21.8. The third-order valence-electron chi connectivity index (χ3n) is 5.82. The first kappa shape index (κ1) is 25.3. The third-order valence-corrected chi connectivity index (χ3v) is 5.82. The Bertz CT molecular complexity index is 678. The van der Waals surface area contributed by atoms with Crippen molar-refractivity contribution in [2.24, 2.45) is 4.99 Å². The molecule has 0 saturated carbocycles. The smallest absolute Gasteiger partial charge is 0.193 e. The third kappa shape index (κ3) is 7.30. The molecule has 0 aliphatic carbocycles. The molecule has 0 spiro atoms. The van der Waals surface area contributed by atoms with E-state index in [4.69, 9.17) is 9.47 Å². The number of piperidine rings is 1. The molecule has 8 heteroatoms. The summed E-state index contributed by atoms with van der Waals surface area (Å²) in [4.78, 5) is 6.62. The summed E-state index contributed by atoms with van der Waals surface area (Å²) in [5.41, 5.74) is 0.767. The van der Waals surface area contributed by atoms with E-state index in [1.807, 2.05) is 6.92 Å². The summed E-state index contributed by atoms with van der Waals surface area (Å²) in [7, 11) is 1.77. The van der Waals surface area contributed by atoms with E-state index in [0.29, 0.717) is 13.2 Å². The minimum Gasteiger partial charge on any atom is -0.376 e. The molecule has 2 heterocycles. The zero-order valence-corrected chi connectivity index (χ0v) is 20.2. The molecule has 170 valence electrons. The number of nitrogens with one attached hydrogen (secondary N) is 1. The molecule has 0 amide bonds. The van der Waals surface area contributed by atoms with Crippen LogP contribution in [0, 0.1) is 11.6 Å². The van der Waals surface area contributed by atoms with Gasteiger partial charge in [-0.3, -0.25) is 4.99 Å². The van der Waals surface area contributed by atoms with Crippen LogP contribution in [0.2, 0.25) is 0 Å². The van der Waals surface area contributed by atoms with Crippen molar-refractivity contribution in [1.82, 2.24) is 10.2 Å². The number of nitrogens with zero attached hydrogens (tertiary/aromatic N) is 2. The number of benzene rings is 1. The highest BCUT2D eigenvalue weighted by atomic mass is 127. The van der Waals surface area contributed by atoms with Crippen LogP contribution >= 0.6 is 24.0 Å². The molecular weight excluding hydrogens is 503 g/mol. The van der Waals surface area contributed by atoms with Crippen molar-refractivity contribution < 1.29 is 18.3 Å². The van der Waals surface area contributed by atoms with E-state index in [1.165, 1.54) is 18.6 Å². The van der Waals surface area contributed by atoms with E-state index in [-0.39, 0.29) is 42.1 Å². The van der Waals surface area contributed by atoms with Crippen LogP contribution in [-0.4, -0.2) is 63.0 Å². The monoisotopic (exact) mass is 537 g/mol. The van der Waals surface area contributed by atoms with Crippen LogP contribution in [0.3, 0.4) is 0 Å². The summed E-state index contributed by atoms with van der Waals surface area (Å²) in [6.07, 6.45) is 5.96. The van der Waals surface area contributed by atoms with E-state index < -0.39 is 11.6 Å². The van der Waals surface area contributed by atoms with Gasteiger partial charge in [0.15, 0.2) is 17.6 Å². The fourth-order valence-corrected chi connectivity index (χ4v) is 3.93. The van der Waals surface area contributed by atoms with E-state index in [1.54, 1.807) is 13.1 Å². The van der Waals surface area contributed by atoms with Gasteiger partial charge in [-0.25, -0.2) is 8.78 Å². The van der Waals surface area contributed by atoms with Crippen LogP contribution < -0.4 is 5.32 Å². The quantitative estimate of drug-likeness (QED) is 0.334. The van der Waals surface area contributed by atoms with Crippen molar-refractivity contribution in [2.75, 3.05) is 39.9 Å². The van der Waals surface area contributed by atoms with Crippen LogP contribution in [0.1, 0.15) is 50.5 Å². The Labute approximate surface area is 195 Å². The Kier molecular flexibility index (Phi) is 10.7. The molecule has 3 rings (SSSR count). The molecule has 2 saturated heterocycles. The average molecular weight is 537 g/mol. The Balaban J connectivity index is 0.00000320. The van der Waals surface area contributed by atoms with Gasteiger partial charge >= 0.3 is 0 Å². The van der Waals surface area contributed by atoms with Crippen LogP contribution in [0.25, 0.3) is 0 Å². The van der Waals surface area contributed by atoms with Gasteiger partial charge in [0, 0.05) is 33.3 Å². The molecule has 0 radical (unpaired) electrons. The largest absolute Gasteiger partial charge is 0.376 e. The summed E-state index contributed by atoms with van der Waals surface area (Å²) >= 11 is 0. The first-order valence-corrected chi connectivity index (χ1v) is 10.7. The van der Waals surface area contributed by atoms with Crippen LogP contribution in [-0.2, 0) is 9.47 Å². The van der Waals surface area contributed by atoms with E-state index >= 15 is 0 Å². The van der Waals surface area contributed by atoms with Gasteiger partial charge in [0.25, 0.3) is 0 Å². The lowest BCUT2D eigenvalue weighted by Crippen LogP contribution is -2.48. The lowest BCUT2D eigenvalue weighted by Gasteiger charge is -2.35. The average Bonchev–Trinajstić information content (AvgIpc) is 2.76. The summed E-state index contributed by atoms with van der Waals surface area (Å²) < 4.78 is 38.4. The maximum atomic E-state index is 13.5. The molecule has 0 aromatic heterocycles. The van der Waals surface area contributed by atoms with Gasteiger partial charge in [0.2, 0.25) is 0 Å². The summed E-state index contributed by atoms with van der Waals surface area (Å²) in [5.74, 6) is -0.740. The maximum absolute atomic E-state index is 13.5. The van der Waals surface area contributed by atoms with Gasteiger partial charge in [-0.1, -0.05) is 13.0 Å². The molecule has 0 bridgehead atoms. The number of hydrogen-bond donors (Lipinski definition) is 1. The Morgan fingerprint density at radius 1 is 1.23 bits per heavy atom. The zero-order valence-electron chi connectivity index (χ0n) is 17.9. The van der Waals surface area contributed by atoms with Crippen LogP contribution in [0.5, 0.6) is 0 Å². The number of ether oxygens (including phenoxy) is 2. The van der Waals surface area contributed by atoms with Gasteiger partial charge in [-0.2, -0.15) is 0 Å². The highest BCUT2D eigenvalue weighted by Gasteiger charge is 2.24. The number of rotatable bonds is 6. The Hall–Kier alpha value is -1.00. The SMILES string of the molecule is CN=C(NCC(C)c1ccc(F)c(F)c1)N1CCC(OCC2CCCCO2)CC1.I. The molecule has 30 heavy (non-hydrogen) atoms. The predicted octanol–water partition coefficient (Wildman–Crippen LogP) is 4.31. The standard InChI is InChI=1S/C22H33F2N3O2.HI/c1-16(17-6-7-20(23)21(24)13-17)14-26-22(25-2)27-10-8-18(9-11-27)29-15-19-5-3-4-12-28-19;/h6-7,13,16,18-19H,3-5,8-12,14-15H2,1-2H3,(H,25,26);1H. The molecular formula is C22H34F2IN3O2. The fraction of sp³-hybridized carbons (Fsp3) is 0.682. The number of halogens is 3. The Morgan fingerprint density at radius 3 is 2.63 bits per heavy atom. The highest BCUT2D eigenvalue weighted by molar-refractivity contribution is 14.0. The lowest BCUT2D eigenvalue weighted by atomic mass is 10.0. The molecule has 1 N–H and O–H groups in total. The zero-order chi connectivity index (χ0) is 20.6. The first-order chi connectivity index (χ1) is 14.1. The van der Waals surface area contributed by atoms with Gasteiger partial charge in [0.05, 0.1) is 18.8 Å². The molecule has 2 aliphatic rings. The molecule has 2 unspecified atom stereocenters. The molecule has 1 aromatic carbocycles. The minimum atomic E-state index is -0.815. The summed E-state index contributed by atoms with van der Waals surface area (Å²) in [5, 5.41) is 3.37. The fourth-order valence-electron chi connectivity index (χ4n) is 3.93. The molecule has 1 aromatic rings.